The summed E-state index contributed by atoms with van der Waals surface area (Å²) in [5.41, 5.74) is 21.9. The van der Waals surface area contributed by atoms with Gasteiger partial charge in [-0.2, -0.15) is 0 Å². The molecule has 0 bridgehead atoms. The molecule has 2 atom stereocenters. The van der Waals surface area contributed by atoms with Crippen molar-refractivity contribution in [1.29, 1.82) is 0 Å². The molecule has 4 heterocycles. The van der Waals surface area contributed by atoms with Crippen molar-refractivity contribution >= 4 is 88.9 Å². The summed E-state index contributed by atoms with van der Waals surface area (Å²) in [6.07, 6.45) is 15.2. The van der Waals surface area contributed by atoms with E-state index in [9.17, 15) is 33.2 Å². The van der Waals surface area contributed by atoms with Crippen LogP contribution in [0.5, 0.6) is 11.5 Å². The third kappa shape index (κ3) is 20.7. The van der Waals surface area contributed by atoms with Gasteiger partial charge in [0.1, 0.15) is 45.7 Å². The molecular weight excluding hydrogens is 1300 g/mol. The average molecular weight is 1380 g/mol. The number of Topliss-reactive ketones (excluding diaryl/α,β-unsaturated/α-hetero) is 2. The van der Waals surface area contributed by atoms with Crippen LogP contribution in [0.25, 0.3) is 66.6 Å². The number of anilines is 4. The van der Waals surface area contributed by atoms with Gasteiger partial charge in [0.15, 0.2) is 17.9 Å². The van der Waals surface area contributed by atoms with Gasteiger partial charge in [-0.15, -0.1) is 0 Å². The number of benzene rings is 6. The van der Waals surface area contributed by atoms with Gasteiger partial charge in [-0.3, -0.25) is 29.1 Å². The standard InChI is InChI=1S/C35H34FN5O2.C29H23FN4O2.C6H11NO.C4H6O4.C2H3BO2.Na/c1-21-26(24-17-30(36)29(33(18-24)43-3)20-37-19-23-10-11-25(42)16-23)6-4-7-27(21)28-8-5-9-31(22(28)2)41-35-34-32(12-13-40-35)38-14-15-39-34;1-17-20(19-14-24(30)23(16-35)27(15-19)36-3)6-4-7-21(17)22-8-5-9-25(18(22)2)34-29-28-26(10-11-33-29)31-12-13-32-28;7-4-5-1-2-6(8)3-5;1-3(5)7-8-4(2)6;1-2(4)5-3;/h4-9,12-15,17-18,23,37H,10-11,16,19-20H2,1-3H3,(H,40,41);4-16H,1-3H3,(H,33,34);5H,1-4,7H2;1-2H3;1H3;/q;;;;-1;+1/t23-;;5-;;;/m0.0.../s1. The van der Waals surface area contributed by atoms with Crippen LogP contribution in [0.4, 0.5) is 31.8 Å². The van der Waals surface area contributed by atoms with E-state index < -0.39 is 23.7 Å². The molecule has 0 unspecified atom stereocenters. The Bertz CT molecular complexity index is 4600. The van der Waals surface area contributed by atoms with Crippen molar-refractivity contribution in [3.8, 4) is 56.0 Å². The zero-order valence-electron chi connectivity index (χ0n) is 58.0. The van der Waals surface area contributed by atoms with Crippen LogP contribution in [0.1, 0.15) is 97.5 Å². The molecule has 0 aliphatic heterocycles. The van der Waals surface area contributed by atoms with Crippen molar-refractivity contribution in [2.24, 2.45) is 17.6 Å². The summed E-state index contributed by atoms with van der Waals surface area (Å²) in [5, 5.41) is 10.2. The molecule has 0 spiro atoms. The van der Waals surface area contributed by atoms with E-state index in [-0.39, 0.29) is 46.7 Å². The number of nitrogens with two attached hydrogens (primary N) is 1. The van der Waals surface area contributed by atoms with Gasteiger partial charge in [-0.25, -0.2) is 48.1 Å². The number of hydrogen-bond donors (Lipinski definition) is 4. The normalized spacial score (nSPS) is 13.4. The Morgan fingerprint density at radius 2 is 0.970 bits per heavy atom. The van der Waals surface area contributed by atoms with Crippen molar-refractivity contribution in [2.75, 3.05) is 37.9 Å². The van der Waals surface area contributed by atoms with Gasteiger partial charge in [0, 0.05) is 107 Å². The molecule has 515 valence electrons. The maximum absolute atomic E-state index is 15.5. The number of nitrogens with one attached hydrogen (secondary N) is 3. The minimum absolute atomic E-state index is 0. The van der Waals surface area contributed by atoms with Gasteiger partial charge in [0.2, 0.25) is 5.97 Å². The SMILES string of the molecule is CC(=O)OOC(C)=O.COc1cc(-c2cccc(-c3cccc(Nc4nccc5nccnc45)c3C)c2C)cc(F)c1C=O.COc1cc(-c2cccc(-c3cccc(Nc4nccc5nccnc45)c3C)c2C)cc(F)c1CNC[C@H]1CCC(=O)C1.NC[C@H]1CCC(=O)C1.[B-]OC(C)=O.[Na+]. The number of aldehydes is 1. The van der Waals surface area contributed by atoms with Crippen LogP contribution in [0.15, 0.2) is 146 Å². The Morgan fingerprint density at radius 1 is 0.554 bits per heavy atom. The second-order valence-electron chi connectivity index (χ2n) is 23.6. The first kappa shape index (κ1) is 78.1. The smallest absolute Gasteiger partial charge is 0.793 e. The van der Waals surface area contributed by atoms with Crippen molar-refractivity contribution in [1.82, 2.24) is 35.2 Å². The zero-order valence-corrected chi connectivity index (χ0v) is 60.0. The molecule has 12 rings (SSSR count). The van der Waals surface area contributed by atoms with Gasteiger partial charge < -0.3 is 43.9 Å². The molecule has 2 saturated carbocycles. The van der Waals surface area contributed by atoms with Crippen LogP contribution in [-0.4, -0.2) is 101 Å². The Labute approximate surface area is 607 Å². The molecule has 5 N–H and O–H groups in total. The van der Waals surface area contributed by atoms with E-state index in [0.717, 1.165) is 123 Å². The Morgan fingerprint density at radius 3 is 1.38 bits per heavy atom. The number of carbonyl (C=O) groups excluding carboxylic acids is 6. The van der Waals surface area contributed by atoms with Crippen LogP contribution >= 0.6 is 0 Å². The third-order valence-corrected chi connectivity index (χ3v) is 16.8. The van der Waals surface area contributed by atoms with Gasteiger partial charge in [0.25, 0.3) is 0 Å². The maximum atomic E-state index is 15.5. The summed E-state index contributed by atoms with van der Waals surface area (Å²) < 4.78 is 44.7. The fourth-order valence-corrected chi connectivity index (χ4v) is 11.7. The van der Waals surface area contributed by atoms with E-state index in [4.69, 9.17) is 15.2 Å². The number of ether oxygens (including phenoxy) is 2. The van der Waals surface area contributed by atoms with Gasteiger partial charge >= 0.3 is 41.5 Å². The largest absolute Gasteiger partial charge is 1.00 e. The van der Waals surface area contributed by atoms with E-state index in [2.05, 4.69) is 100 Å². The molecule has 4 aromatic heterocycles. The van der Waals surface area contributed by atoms with Crippen LogP contribution in [0.3, 0.4) is 0 Å². The van der Waals surface area contributed by atoms with Crippen LogP contribution < -0.4 is 60.7 Å². The summed E-state index contributed by atoms with van der Waals surface area (Å²) in [5.74, 6) is 0.829. The Hall–Kier alpha value is -10.2. The van der Waals surface area contributed by atoms with Gasteiger partial charge in [0.05, 0.1) is 30.8 Å². The number of halogens is 2. The molecule has 3 radical (unpaired) electrons. The second kappa shape index (κ2) is 37.8. The molecule has 10 aromatic rings. The summed E-state index contributed by atoms with van der Waals surface area (Å²) in [4.78, 5) is 96.9. The summed E-state index contributed by atoms with van der Waals surface area (Å²) in [7, 11) is 7.31. The first-order valence-corrected chi connectivity index (χ1v) is 32.1. The fourth-order valence-electron chi connectivity index (χ4n) is 11.7. The van der Waals surface area contributed by atoms with Gasteiger partial charge in [-0.05, 0) is 181 Å². The first-order valence-electron chi connectivity index (χ1n) is 32.1. The van der Waals surface area contributed by atoms with Crippen molar-refractivity contribution in [2.45, 2.75) is 93.5 Å². The van der Waals surface area contributed by atoms with E-state index >= 15 is 4.39 Å². The summed E-state index contributed by atoms with van der Waals surface area (Å²) in [6.45, 7) is 13.4. The molecule has 0 amide bonds. The minimum Gasteiger partial charge on any atom is -0.793 e. The van der Waals surface area contributed by atoms with E-state index in [1.807, 2.05) is 86.6 Å². The Kier molecular flexibility index (Phi) is 29.2. The summed E-state index contributed by atoms with van der Waals surface area (Å²) in [6, 6.07) is 34.4. The molecule has 2 aliphatic carbocycles. The predicted octanol–water partition coefficient (Wildman–Crippen LogP) is 11.0. The zero-order chi connectivity index (χ0) is 72.0. The van der Waals surface area contributed by atoms with Crippen LogP contribution in [0, 0.1) is 51.2 Å². The molecule has 25 heteroatoms. The van der Waals surface area contributed by atoms with Crippen molar-refractivity contribution in [3.05, 3.63) is 191 Å². The molecule has 101 heavy (non-hydrogen) atoms. The van der Waals surface area contributed by atoms with Crippen LogP contribution in [0.2, 0.25) is 0 Å². The summed E-state index contributed by atoms with van der Waals surface area (Å²) >= 11 is 0. The van der Waals surface area contributed by atoms with Crippen molar-refractivity contribution in [3.63, 3.8) is 0 Å². The number of methoxy groups -OCH3 is 2. The number of pyridine rings is 2. The monoisotopic (exact) mass is 1380 g/mol. The molecular formula is C76H77BF2N10NaO11. The number of hydrogen-bond acceptors (Lipinski definition) is 21. The molecule has 2 fully saturated rings. The molecule has 0 saturated heterocycles. The molecule has 2 aliphatic rings. The number of rotatable bonds is 16. The number of aromatic nitrogens is 6. The second-order valence-corrected chi connectivity index (χ2v) is 23.6. The quantitative estimate of drug-likeness (QED) is 0.0303. The predicted molar refractivity (Wildman–Crippen MR) is 380 cm³/mol. The first-order chi connectivity index (χ1) is 48.2. The number of ketones is 2. The minimum atomic E-state index is -0.639. The number of carbonyl (C=O) groups is 6. The van der Waals surface area contributed by atoms with E-state index in [1.165, 1.54) is 20.1 Å². The van der Waals surface area contributed by atoms with Crippen molar-refractivity contribution < 1.29 is 91.0 Å². The van der Waals surface area contributed by atoms with Gasteiger partial charge in [-0.1, -0.05) is 60.7 Å². The number of nitrogens with zero attached hydrogens (tertiary/aromatic N) is 6. The maximum Gasteiger partial charge on any atom is 1.00 e. The van der Waals surface area contributed by atoms with Crippen LogP contribution in [-0.2, 0) is 44.9 Å². The molecule has 21 nitrogen and oxygen atoms in total. The topological polar surface area (TPSA) is 288 Å². The Balaban J connectivity index is 0.000000220. The van der Waals surface area contributed by atoms with E-state index in [0.29, 0.717) is 102 Å². The van der Waals surface area contributed by atoms with E-state index in [1.54, 1.807) is 56.4 Å². The molecule has 6 aromatic carbocycles. The third-order valence-electron chi connectivity index (χ3n) is 16.8. The average Bonchev–Trinajstić information content (AvgIpc) is 1.04. The number of fused-ring (bicyclic) bond motifs is 2. The fraction of sp³-hybridized carbons (Fsp3) is 0.263.